The van der Waals surface area contributed by atoms with Gasteiger partial charge in [0, 0.05) is 11.5 Å². The summed E-state index contributed by atoms with van der Waals surface area (Å²) in [5.41, 5.74) is 4.89. The molecule has 0 N–H and O–H groups in total. The highest BCUT2D eigenvalue weighted by Gasteiger charge is 2.00. The van der Waals surface area contributed by atoms with Gasteiger partial charge in [-0.2, -0.15) is 11.8 Å². The van der Waals surface area contributed by atoms with Crippen LogP contribution in [0.4, 0.5) is 0 Å². The van der Waals surface area contributed by atoms with Crippen LogP contribution >= 0.6 is 11.8 Å². The van der Waals surface area contributed by atoms with Crippen molar-refractivity contribution in [3.05, 3.63) is 83.9 Å². The number of thioether (sulfide) groups is 1. The number of ether oxygens (including phenoxy) is 1. The molecule has 0 aliphatic heterocycles. The SMILES string of the molecule is C=Cc1ccccc1COCCSCc1ccccc1C=C. The molecule has 1 nitrogen and oxygen atoms in total. The Morgan fingerprint density at radius 2 is 1.45 bits per heavy atom. The number of rotatable bonds is 9. The zero-order valence-electron chi connectivity index (χ0n) is 12.8. The maximum absolute atomic E-state index is 5.77. The fraction of sp³-hybridized carbons (Fsp3) is 0.200. The van der Waals surface area contributed by atoms with Gasteiger partial charge in [-0.25, -0.2) is 0 Å². The molecule has 0 fully saturated rings. The largest absolute Gasteiger partial charge is 0.376 e. The van der Waals surface area contributed by atoms with Gasteiger partial charge in [0.25, 0.3) is 0 Å². The van der Waals surface area contributed by atoms with E-state index >= 15 is 0 Å². The second kappa shape index (κ2) is 9.29. The van der Waals surface area contributed by atoms with E-state index in [0.717, 1.165) is 23.7 Å². The molecule has 0 heterocycles. The number of benzene rings is 2. The van der Waals surface area contributed by atoms with E-state index in [0.29, 0.717) is 6.61 Å². The molecule has 0 aliphatic rings. The Bertz CT molecular complexity index is 563. The summed E-state index contributed by atoms with van der Waals surface area (Å²) in [7, 11) is 0. The van der Waals surface area contributed by atoms with E-state index in [2.05, 4.69) is 43.5 Å². The van der Waals surface area contributed by atoms with Crippen molar-refractivity contribution >= 4 is 23.9 Å². The molecular formula is C20H22OS. The van der Waals surface area contributed by atoms with Crippen LogP contribution in [0.2, 0.25) is 0 Å². The van der Waals surface area contributed by atoms with Gasteiger partial charge in [-0.15, -0.1) is 0 Å². The monoisotopic (exact) mass is 310 g/mol. The molecule has 2 aromatic rings. The molecule has 2 heteroatoms. The molecule has 0 unspecified atom stereocenters. The Kier molecular flexibility index (Phi) is 7.01. The van der Waals surface area contributed by atoms with Crippen molar-refractivity contribution in [2.45, 2.75) is 12.4 Å². The Morgan fingerprint density at radius 1 is 0.864 bits per heavy atom. The molecule has 0 spiro atoms. The standard InChI is InChI=1S/C20H22OS/c1-3-17-9-5-7-11-19(17)15-21-13-14-22-16-20-12-8-6-10-18(20)4-2/h3-12H,1-2,13-16H2. The van der Waals surface area contributed by atoms with Crippen molar-refractivity contribution in [3.8, 4) is 0 Å². The Labute approximate surface area is 137 Å². The van der Waals surface area contributed by atoms with Crippen LogP contribution in [-0.2, 0) is 17.1 Å². The fourth-order valence-corrected chi connectivity index (χ4v) is 3.07. The quantitative estimate of drug-likeness (QED) is 0.572. The summed E-state index contributed by atoms with van der Waals surface area (Å²) < 4.78 is 5.77. The first-order valence-corrected chi connectivity index (χ1v) is 8.57. The van der Waals surface area contributed by atoms with Crippen LogP contribution in [0.3, 0.4) is 0 Å². The van der Waals surface area contributed by atoms with E-state index in [1.165, 1.54) is 16.7 Å². The summed E-state index contributed by atoms with van der Waals surface area (Å²) in [5.74, 6) is 1.98. The minimum atomic E-state index is 0.645. The van der Waals surface area contributed by atoms with E-state index in [4.69, 9.17) is 4.74 Å². The first-order chi connectivity index (χ1) is 10.8. The van der Waals surface area contributed by atoms with Gasteiger partial charge in [0.2, 0.25) is 0 Å². The summed E-state index contributed by atoms with van der Waals surface area (Å²) in [6, 6.07) is 16.6. The predicted molar refractivity (Wildman–Crippen MR) is 98.9 cm³/mol. The normalized spacial score (nSPS) is 10.4. The van der Waals surface area contributed by atoms with Crippen LogP contribution in [0.25, 0.3) is 12.2 Å². The molecule has 0 radical (unpaired) electrons. The van der Waals surface area contributed by atoms with Gasteiger partial charge in [-0.1, -0.05) is 73.8 Å². The third kappa shape index (κ3) is 4.90. The van der Waals surface area contributed by atoms with E-state index in [9.17, 15) is 0 Å². The zero-order valence-corrected chi connectivity index (χ0v) is 13.6. The highest BCUT2D eigenvalue weighted by atomic mass is 32.2. The van der Waals surface area contributed by atoms with Crippen LogP contribution < -0.4 is 0 Å². The minimum absolute atomic E-state index is 0.645. The number of hydrogen-bond acceptors (Lipinski definition) is 2. The highest BCUT2D eigenvalue weighted by molar-refractivity contribution is 7.98. The van der Waals surface area contributed by atoms with Crippen molar-refractivity contribution in [2.75, 3.05) is 12.4 Å². The molecule has 0 aromatic heterocycles. The Morgan fingerprint density at radius 3 is 2.14 bits per heavy atom. The molecule has 0 saturated carbocycles. The molecule has 0 atom stereocenters. The highest BCUT2D eigenvalue weighted by Crippen LogP contribution is 2.17. The van der Waals surface area contributed by atoms with Gasteiger partial charge in [0.05, 0.1) is 13.2 Å². The Balaban J connectivity index is 1.69. The van der Waals surface area contributed by atoms with Gasteiger partial charge in [-0.05, 0) is 22.3 Å². The van der Waals surface area contributed by atoms with Crippen LogP contribution in [0.5, 0.6) is 0 Å². The molecule has 0 bridgehead atoms. The summed E-state index contributed by atoms with van der Waals surface area (Å²) in [6.07, 6.45) is 3.79. The minimum Gasteiger partial charge on any atom is -0.376 e. The van der Waals surface area contributed by atoms with E-state index in [-0.39, 0.29) is 0 Å². The summed E-state index contributed by atoms with van der Waals surface area (Å²) >= 11 is 1.89. The van der Waals surface area contributed by atoms with E-state index in [1.54, 1.807) is 0 Å². The lowest BCUT2D eigenvalue weighted by atomic mass is 10.1. The van der Waals surface area contributed by atoms with E-state index in [1.807, 2.05) is 42.1 Å². The lowest BCUT2D eigenvalue weighted by Crippen LogP contribution is -2.00. The molecule has 0 saturated heterocycles. The third-order valence-corrected chi connectivity index (χ3v) is 4.41. The van der Waals surface area contributed by atoms with Crippen LogP contribution in [-0.4, -0.2) is 12.4 Å². The fourth-order valence-electron chi connectivity index (χ4n) is 2.21. The van der Waals surface area contributed by atoms with Crippen molar-refractivity contribution in [1.82, 2.24) is 0 Å². The van der Waals surface area contributed by atoms with Crippen molar-refractivity contribution in [3.63, 3.8) is 0 Å². The maximum atomic E-state index is 5.77. The lowest BCUT2D eigenvalue weighted by Gasteiger charge is -2.08. The lowest BCUT2D eigenvalue weighted by molar-refractivity contribution is 0.136. The second-order valence-electron chi connectivity index (χ2n) is 4.91. The van der Waals surface area contributed by atoms with Crippen molar-refractivity contribution in [2.24, 2.45) is 0 Å². The topological polar surface area (TPSA) is 9.23 Å². The van der Waals surface area contributed by atoms with Gasteiger partial charge in [-0.3, -0.25) is 0 Å². The zero-order chi connectivity index (χ0) is 15.6. The molecule has 2 rings (SSSR count). The third-order valence-electron chi connectivity index (χ3n) is 3.44. The molecule has 0 amide bonds. The molecule has 0 aliphatic carbocycles. The van der Waals surface area contributed by atoms with E-state index < -0.39 is 0 Å². The summed E-state index contributed by atoms with van der Waals surface area (Å²) in [6.45, 7) is 9.09. The van der Waals surface area contributed by atoms with Crippen LogP contribution in [0, 0.1) is 0 Å². The second-order valence-corrected chi connectivity index (χ2v) is 6.02. The van der Waals surface area contributed by atoms with Crippen molar-refractivity contribution in [1.29, 1.82) is 0 Å². The summed E-state index contributed by atoms with van der Waals surface area (Å²) in [5, 5.41) is 0. The molecule has 22 heavy (non-hydrogen) atoms. The maximum Gasteiger partial charge on any atom is 0.0723 e. The molecule has 2 aromatic carbocycles. The van der Waals surface area contributed by atoms with Gasteiger partial charge < -0.3 is 4.74 Å². The molecule has 114 valence electrons. The van der Waals surface area contributed by atoms with Crippen molar-refractivity contribution < 1.29 is 4.74 Å². The van der Waals surface area contributed by atoms with Gasteiger partial charge >= 0.3 is 0 Å². The average molecular weight is 310 g/mol. The Hall–Kier alpha value is -1.77. The predicted octanol–water partition coefficient (Wildman–Crippen LogP) is 5.42. The first kappa shape index (κ1) is 16.6. The molecular weight excluding hydrogens is 288 g/mol. The number of hydrogen-bond donors (Lipinski definition) is 0. The average Bonchev–Trinajstić information content (AvgIpc) is 2.58. The smallest absolute Gasteiger partial charge is 0.0723 e. The van der Waals surface area contributed by atoms with Gasteiger partial charge in [0.1, 0.15) is 0 Å². The first-order valence-electron chi connectivity index (χ1n) is 7.41. The van der Waals surface area contributed by atoms with Crippen LogP contribution in [0.1, 0.15) is 22.3 Å². The summed E-state index contributed by atoms with van der Waals surface area (Å²) in [4.78, 5) is 0. The van der Waals surface area contributed by atoms with Gasteiger partial charge in [0.15, 0.2) is 0 Å². The van der Waals surface area contributed by atoms with Crippen LogP contribution in [0.15, 0.2) is 61.7 Å².